The average Bonchev–Trinajstić information content (AvgIpc) is 2.62. The van der Waals surface area contributed by atoms with Gasteiger partial charge in [0.15, 0.2) is 0 Å². The van der Waals surface area contributed by atoms with Gasteiger partial charge in [0.2, 0.25) is 0 Å². The van der Waals surface area contributed by atoms with Crippen LogP contribution in [0.4, 0.5) is 21.9 Å². The number of ether oxygens (including phenoxy) is 1. The van der Waals surface area contributed by atoms with Crippen LogP contribution in [0.15, 0.2) is 42.5 Å². The molecule has 3 amide bonds. The SMILES string of the molecule is NC(=O)Nc1ccc(C(=O)Nc2cccc(Cl)c2N2CCOCC2)cc1. The zero-order valence-electron chi connectivity index (χ0n) is 14.0. The van der Waals surface area contributed by atoms with Crippen LogP contribution in [0.1, 0.15) is 10.4 Å². The first kappa shape index (κ1) is 18.0. The highest BCUT2D eigenvalue weighted by Gasteiger charge is 2.19. The molecule has 0 saturated carbocycles. The zero-order valence-corrected chi connectivity index (χ0v) is 14.8. The molecule has 0 aromatic heterocycles. The number of primary amides is 1. The van der Waals surface area contributed by atoms with Crippen LogP contribution < -0.4 is 21.3 Å². The van der Waals surface area contributed by atoms with Crippen molar-refractivity contribution in [2.75, 3.05) is 41.8 Å². The summed E-state index contributed by atoms with van der Waals surface area (Å²) < 4.78 is 5.38. The van der Waals surface area contributed by atoms with E-state index in [0.29, 0.717) is 48.3 Å². The largest absolute Gasteiger partial charge is 0.378 e. The molecule has 0 spiro atoms. The third-order valence-corrected chi connectivity index (χ3v) is 4.28. The monoisotopic (exact) mass is 374 g/mol. The van der Waals surface area contributed by atoms with Gasteiger partial charge in [-0.05, 0) is 36.4 Å². The highest BCUT2D eigenvalue weighted by Crippen LogP contribution is 2.34. The van der Waals surface area contributed by atoms with Crippen LogP contribution in [0.5, 0.6) is 0 Å². The van der Waals surface area contributed by atoms with Gasteiger partial charge in [-0.25, -0.2) is 4.79 Å². The number of urea groups is 1. The van der Waals surface area contributed by atoms with Gasteiger partial charge in [0, 0.05) is 24.3 Å². The van der Waals surface area contributed by atoms with Gasteiger partial charge in [-0.3, -0.25) is 4.79 Å². The highest BCUT2D eigenvalue weighted by atomic mass is 35.5. The number of carbonyl (C=O) groups excluding carboxylic acids is 2. The number of hydrogen-bond acceptors (Lipinski definition) is 4. The van der Waals surface area contributed by atoms with E-state index in [9.17, 15) is 9.59 Å². The van der Waals surface area contributed by atoms with Crippen molar-refractivity contribution in [3.63, 3.8) is 0 Å². The second-order valence-corrected chi connectivity index (χ2v) is 6.16. The molecule has 2 aromatic carbocycles. The van der Waals surface area contributed by atoms with Crippen molar-refractivity contribution in [1.82, 2.24) is 0 Å². The maximum absolute atomic E-state index is 12.6. The van der Waals surface area contributed by atoms with Crippen LogP contribution in [0.25, 0.3) is 0 Å². The first-order valence-corrected chi connectivity index (χ1v) is 8.51. The van der Waals surface area contributed by atoms with Gasteiger partial charge in [-0.15, -0.1) is 0 Å². The van der Waals surface area contributed by atoms with Crippen LogP contribution in [-0.4, -0.2) is 38.2 Å². The molecule has 0 atom stereocenters. The molecule has 1 heterocycles. The minimum absolute atomic E-state index is 0.271. The lowest BCUT2D eigenvalue weighted by atomic mass is 10.1. The van der Waals surface area contributed by atoms with Crippen molar-refractivity contribution in [3.05, 3.63) is 53.1 Å². The van der Waals surface area contributed by atoms with Gasteiger partial charge in [0.1, 0.15) is 0 Å². The van der Waals surface area contributed by atoms with Crippen molar-refractivity contribution < 1.29 is 14.3 Å². The number of carbonyl (C=O) groups is 2. The minimum atomic E-state index is -0.656. The molecular weight excluding hydrogens is 356 g/mol. The van der Waals surface area contributed by atoms with Crippen molar-refractivity contribution in [2.45, 2.75) is 0 Å². The first-order chi connectivity index (χ1) is 12.5. The number of anilines is 3. The molecule has 1 aliphatic heterocycles. The Hall–Kier alpha value is -2.77. The van der Waals surface area contributed by atoms with Gasteiger partial charge in [-0.1, -0.05) is 17.7 Å². The molecular formula is C18H19ClN4O3. The summed E-state index contributed by atoms with van der Waals surface area (Å²) in [7, 11) is 0. The van der Waals surface area contributed by atoms with Gasteiger partial charge < -0.3 is 26.0 Å². The zero-order chi connectivity index (χ0) is 18.5. The predicted octanol–water partition coefficient (Wildman–Crippen LogP) is 2.92. The van der Waals surface area contributed by atoms with Crippen molar-refractivity contribution in [1.29, 1.82) is 0 Å². The molecule has 4 N–H and O–H groups in total. The summed E-state index contributed by atoms with van der Waals surface area (Å²) in [5.41, 5.74) is 7.47. The summed E-state index contributed by atoms with van der Waals surface area (Å²) >= 11 is 6.38. The standard InChI is InChI=1S/C18H19ClN4O3/c19-14-2-1-3-15(16(14)23-8-10-26-11-9-23)22-17(24)12-4-6-13(7-5-12)21-18(20)25/h1-7H,8-11H2,(H,22,24)(H3,20,21,25). The number of rotatable bonds is 4. The Morgan fingerprint density at radius 3 is 2.38 bits per heavy atom. The third kappa shape index (κ3) is 4.25. The van der Waals surface area contributed by atoms with Gasteiger partial charge in [0.25, 0.3) is 5.91 Å². The predicted molar refractivity (Wildman–Crippen MR) is 102 cm³/mol. The van der Waals surface area contributed by atoms with Crippen LogP contribution in [0.2, 0.25) is 5.02 Å². The molecule has 1 fully saturated rings. The van der Waals surface area contributed by atoms with E-state index in [1.165, 1.54) is 0 Å². The topological polar surface area (TPSA) is 96.7 Å². The molecule has 8 heteroatoms. The van der Waals surface area contributed by atoms with Crippen molar-refractivity contribution >= 4 is 40.6 Å². The van der Waals surface area contributed by atoms with E-state index in [1.54, 1.807) is 36.4 Å². The summed E-state index contributed by atoms with van der Waals surface area (Å²) in [6.45, 7) is 2.65. The first-order valence-electron chi connectivity index (χ1n) is 8.13. The Labute approximate surface area is 156 Å². The van der Waals surface area contributed by atoms with Gasteiger partial charge in [-0.2, -0.15) is 0 Å². The van der Waals surface area contributed by atoms with E-state index in [-0.39, 0.29) is 5.91 Å². The van der Waals surface area contributed by atoms with Crippen molar-refractivity contribution in [2.24, 2.45) is 5.73 Å². The molecule has 3 rings (SSSR count). The number of nitrogens with one attached hydrogen (secondary N) is 2. The lowest BCUT2D eigenvalue weighted by molar-refractivity contribution is 0.102. The number of nitrogens with two attached hydrogens (primary N) is 1. The molecule has 136 valence electrons. The highest BCUT2D eigenvalue weighted by molar-refractivity contribution is 6.34. The summed E-state index contributed by atoms with van der Waals surface area (Å²) in [6.07, 6.45) is 0. The quantitative estimate of drug-likeness (QED) is 0.766. The molecule has 0 aliphatic carbocycles. The van der Waals surface area contributed by atoms with E-state index in [2.05, 4.69) is 15.5 Å². The maximum atomic E-state index is 12.6. The molecule has 2 aromatic rings. The normalized spacial score (nSPS) is 14.0. The minimum Gasteiger partial charge on any atom is -0.378 e. The second kappa shape index (κ2) is 8.07. The van der Waals surface area contributed by atoms with E-state index in [0.717, 1.165) is 5.69 Å². The molecule has 0 unspecified atom stereocenters. The second-order valence-electron chi connectivity index (χ2n) is 5.76. The number of nitrogens with zero attached hydrogens (tertiary/aromatic N) is 1. The van der Waals surface area contributed by atoms with E-state index in [1.807, 2.05) is 6.07 Å². The van der Waals surface area contributed by atoms with Crippen LogP contribution in [0.3, 0.4) is 0 Å². The van der Waals surface area contributed by atoms with Gasteiger partial charge >= 0.3 is 6.03 Å². The molecule has 0 radical (unpaired) electrons. The summed E-state index contributed by atoms with van der Waals surface area (Å²) in [6, 6.07) is 11.2. The molecule has 26 heavy (non-hydrogen) atoms. The number of benzene rings is 2. The van der Waals surface area contributed by atoms with E-state index < -0.39 is 6.03 Å². The summed E-state index contributed by atoms with van der Waals surface area (Å²) in [4.78, 5) is 25.5. The number of amides is 3. The van der Waals surface area contributed by atoms with Crippen LogP contribution >= 0.6 is 11.6 Å². The molecule has 7 nitrogen and oxygen atoms in total. The number of morpholine rings is 1. The Morgan fingerprint density at radius 1 is 1.04 bits per heavy atom. The lowest BCUT2D eigenvalue weighted by Crippen LogP contribution is -2.37. The summed E-state index contributed by atoms with van der Waals surface area (Å²) in [5.74, 6) is -0.271. The average molecular weight is 375 g/mol. The summed E-state index contributed by atoms with van der Waals surface area (Å²) in [5, 5.41) is 5.93. The third-order valence-electron chi connectivity index (χ3n) is 3.98. The fourth-order valence-corrected chi connectivity index (χ4v) is 3.06. The Balaban J connectivity index is 1.79. The van der Waals surface area contributed by atoms with Crippen LogP contribution in [-0.2, 0) is 4.74 Å². The number of hydrogen-bond donors (Lipinski definition) is 3. The lowest BCUT2D eigenvalue weighted by Gasteiger charge is -2.31. The fourth-order valence-electron chi connectivity index (χ4n) is 2.77. The van der Waals surface area contributed by atoms with E-state index in [4.69, 9.17) is 22.1 Å². The maximum Gasteiger partial charge on any atom is 0.316 e. The molecule has 1 saturated heterocycles. The number of para-hydroxylation sites is 1. The van der Waals surface area contributed by atoms with Crippen LogP contribution in [0, 0.1) is 0 Å². The van der Waals surface area contributed by atoms with Gasteiger partial charge in [0.05, 0.1) is 29.6 Å². The van der Waals surface area contributed by atoms with E-state index >= 15 is 0 Å². The Bertz CT molecular complexity index is 805. The molecule has 1 aliphatic rings. The number of halogens is 1. The Morgan fingerprint density at radius 2 is 1.73 bits per heavy atom. The fraction of sp³-hybridized carbons (Fsp3) is 0.222. The smallest absolute Gasteiger partial charge is 0.316 e. The Kier molecular flexibility index (Phi) is 5.60. The molecule has 0 bridgehead atoms. The van der Waals surface area contributed by atoms with Crippen molar-refractivity contribution in [3.8, 4) is 0 Å².